The highest BCUT2D eigenvalue weighted by Gasteiger charge is 2.21. The van der Waals surface area contributed by atoms with Crippen LogP contribution in [-0.2, 0) is 22.3 Å². The highest BCUT2D eigenvalue weighted by atomic mass is 32.2. The van der Waals surface area contributed by atoms with Gasteiger partial charge in [0.15, 0.2) is 11.1 Å². The van der Waals surface area contributed by atoms with E-state index in [0.29, 0.717) is 10.6 Å². The molecule has 9 nitrogen and oxygen atoms in total. The summed E-state index contributed by atoms with van der Waals surface area (Å²) in [6, 6.07) is 9.12. The predicted octanol–water partition coefficient (Wildman–Crippen LogP) is 2.52. The quantitative estimate of drug-likeness (QED) is 0.296. The molecule has 12 heteroatoms. The number of nitrogens with one attached hydrogen (secondary N) is 2. The Hall–Kier alpha value is -3.35. The summed E-state index contributed by atoms with van der Waals surface area (Å²) >= 11 is -0.965. The molecular formula is C20H20FN5O4S2. The van der Waals surface area contributed by atoms with Crippen molar-refractivity contribution >= 4 is 50.8 Å². The summed E-state index contributed by atoms with van der Waals surface area (Å²) in [5, 5.41) is 6.38. The van der Waals surface area contributed by atoms with Crippen LogP contribution < -0.4 is 22.1 Å². The van der Waals surface area contributed by atoms with Crippen molar-refractivity contribution in [3.05, 3.63) is 65.1 Å². The lowest BCUT2D eigenvalue weighted by Crippen LogP contribution is -2.37. The number of amides is 2. The van der Waals surface area contributed by atoms with Crippen molar-refractivity contribution < 1.29 is 22.7 Å². The van der Waals surface area contributed by atoms with Crippen molar-refractivity contribution in [2.75, 3.05) is 10.6 Å². The second-order valence-electron chi connectivity index (χ2n) is 6.90. The van der Waals surface area contributed by atoms with Crippen LogP contribution in [0.5, 0.6) is 0 Å². The Labute approximate surface area is 189 Å². The highest BCUT2D eigenvalue weighted by molar-refractivity contribution is 7.79. The van der Waals surface area contributed by atoms with Gasteiger partial charge >= 0.3 is 0 Å². The average Bonchev–Trinajstić information content (AvgIpc) is 3.14. The van der Waals surface area contributed by atoms with E-state index in [0.717, 1.165) is 23.3 Å². The minimum absolute atomic E-state index is 0.0596. The third-order valence-electron chi connectivity index (χ3n) is 4.50. The van der Waals surface area contributed by atoms with Crippen LogP contribution in [-0.4, -0.2) is 31.0 Å². The Balaban J connectivity index is 1.88. The van der Waals surface area contributed by atoms with E-state index in [4.69, 9.17) is 16.0 Å². The standard InChI is InChI=1S/C20H20FN5O4S2/c1-10-6-18(31-26-10)25-15-9-16(14(21)8-13(15)19(22)27)24-17(20(23)28)7-11-2-4-12(5-3-11)32(29)30/h2-6,8-9,17,24-25H,7H2,1H3,(H2,22,27)(H2,23,28)(H,29,30)/t17-/m1/s1. The number of nitrogens with zero attached hydrogens (tertiary/aromatic N) is 1. The SMILES string of the molecule is Cc1cc(Nc2cc(N[C@H](Cc3ccc(S(=O)O)cc3)C(N)=O)c(F)cc2C(N)=O)sn1. The monoisotopic (exact) mass is 477 g/mol. The van der Waals surface area contributed by atoms with Gasteiger partial charge in [-0.1, -0.05) is 12.1 Å². The number of nitrogens with two attached hydrogens (primary N) is 2. The normalized spacial score (nSPS) is 12.7. The largest absolute Gasteiger partial charge is 0.371 e. The van der Waals surface area contributed by atoms with Crippen LogP contribution in [0, 0.1) is 12.7 Å². The molecule has 32 heavy (non-hydrogen) atoms. The van der Waals surface area contributed by atoms with E-state index < -0.39 is 34.8 Å². The van der Waals surface area contributed by atoms with Crippen LogP contribution in [0.2, 0.25) is 0 Å². The van der Waals surface area contributed by atoms with E-state index in [-0.39, 0.29) is 28.3 Å². The molecule has 0 aliphatic carbocycles. The van der Waals surface area contributed by atoms with Crippen LogP contribution in [0.3, 0.4) is 0 Å². The number of carbonyl (C=O) groups is 2. The molecule has 0 radical (unpaired) electrons. The Morgan fingerprint density at radius 1 is 1.19 bits per heavy atom. The lowest BCUT2D eigenvalue weighted by Gasteiger charge is -2.19. The smallest absolute Gasteiger partial charge is 0.250 e. The maximum Gasteiger partial charge on any atom is 0.250 e. The summed E-state index contributed by atoms with van der Waals surface area (Å²) in [7, 11) is 0. The van der Waals surface area contributed by atoms with E-state index in [9.17, 15) is 18.2 Å². The first-order valence-electron chi connectivity index (χ1n) is 9.23. The molecule has 2 amide bonds. The van der Waals surface area contributed by atoms with E-state index in [1.807, 2.05) is 0 Å². The van der Waals surface area contributed by atoms with E-state index in [1.165, 1.54) is 18.2 Å². The number of carbonyl (C=O) groups excluding carboxylic acids is 2. The summed E-state index contributed by atoms with van der Waals surface area (Å²) in [4.78, 5) is 24.0. The molecule has 1 heterocycles. The molecule has 3 aromatic rings. The second kappa shape index (κ2) is 9.85. The highest BCUT2D eigenvalue weighted by Crippen LogP contribution is 2.30. The average molecular weight is 478 g/mol. The molecular weight excluding hydrogens is 457 g/mol. The second-order valence-corrected chi connectivity index (χ2v) is 8.67. The molecule has 0 spiro atoms. The maximum absolute atomic E-state index is 14.7. The first-order chi connectivity index (χ1) is 15.1. The maximum atomic E-state index is 14.7. The Morgan fingerprint density at radius 2 is 1.88 bits per heavy atom. The third-order valence-corrected chi connectivity index (χ3v) is 5.97. The van der Waals surface area contributed by atoms with Gasteiger partial charge in [0.25, 0.3) is 5.91 Å². The number of rotatable bonds is 9. The molecule has 2 atom stereocenters. The number of benzene rings is 2. The summed E-state index contributed by atoms with van der Waals surface area (Å²) in [5.41, 5.74) is 12.4. The lowest BCUT2D eigenvalue weighted by molar-refractivity contribution is -0.118. The van der Waals surface area contributed by atoms with E-state index >= 15 is 0 Å². The lowest BCUT2D eigenvalue weighted by atomic mass is 10.0. The van der Waals surface area contributed by atoms with Gasteiger partial charge in [-0.25, -0.2) is 8.60 Å². The van der Waals surface area contributed by atoms with Gasteiger partial charge in [0, 0.05) is 6.42 Å². The van der Waals surface area contributed by atoms with Crippen LogP contribution in [0.1, 0.15) is 21.6 Å². The Bertz CT molecular complexity index is 1180. The topological polar surface area (TPSA) is 160 Å². The first-order valence-corrected chi connectivity index (χ1v) is 11.1. The molecule has 0 saturated heterocycles. The fraction of sp³-hybridized carbons (Fsp3) is 0.150. The fourth-order valence-corrected chi connectivity index (χ4v) is 3.98. The van der Waals surface area contributed by atoms with Crippen molar-refractivity contribution in [2.24, 2.45) is 11.5 Å². The van der Waals surface area contributed by atoms with Gasteiger partial charge in [0.05, 0.1) is 27.5 Å². The molecule has 168 valence electrons. The third kappa shape index (κ3) is 5.66. The van der Waals surface area contributed by atoms with Crippen LogP contribution >= 0.6 is 11.5 Å². The summed E-state index contributed by atoms with van der Waals surface area (Å²) in [6.45, 7) is 1.80. The number of aromatic nitrogens is 1. The van der Waals surface area contributed by atoms with Gasteiger partial charge in [0.1, 0.15) is 16.9 Å². The fourth-order valence-electron chi connectivity index (χ4n) is 2.93. The molecule has 3 rings (SSSR count). The molecule has 0 fully saturated rings. The summed E-state index contributed by atoms with van der Waals surface area (Å²) in [6.07, 6.45) is 0.0987. The number of primary amides is 2. The zero-order valence-electron chi connectivity index (χ0n) is 16.8. The Morgan fingerprint density at radius 3 is 2.41 bits per heavy atom. The van der Waals surface area contributed by atoms with Gasteiger partial charge in [-0.2, -0.15) is 4.37 Å². The molecule has 0 aliphatic rings. The van der Waals surface area contributed by atoms with Crippen molar-refractivity contribution in [2.45, 2.75) is 24.3 Å². The molecule has 0 saturated carbocycles. The zero-order valence-corrected chi connectivity index (χ0v) is 18.4. The van der Waals surface area contributed by atoms with Crippen molar-refractivity contribution in [3.63, 3.8) is 0 Å². The van der Waals surface area contributed by atoms with Gasteiger partial charge in [0.2, 0.25) is 5.91 Å². The first kappa shape index (κ1) is 23.3. The van der Waals surface area contributed by atoms with Gasteiger partial charge < -0.3 is 26.7 Å². The van der Waals surface area contributed by atoms with Crippen LogP contribution in [0.15, 0.2) is 47.4 Å². The molecule has 1 aromatic heterocycles. The summed E-state index contributed by atoms with van der Waals surface area (Å²) < 4.78 is 39.1. The molecule has 7 N–H and O–H groups in total. The molecule has 0 bridgehead atoms. The van der Waals surface area contributed by atoms with Crippen molar-refractivity contribution in [1.82, 2.24) is 4.37 Å². The summed E-state index contributed by atoms with van der Waals surface area (Å²) in [5.74, 6) is -2.35. The predicted molar refractivity (Wildman–Crippen MR) is 121 cm³/mol. The number of hydrogen-bond donors (Lipinski definition) is 5. The number of hydrogen-bond acceptors (Lipinski definition) is 7. The van der Waals surface area contributed by atoms with Crippen molar-refractivity contribution in [1.29, 1.82) is 0 Å². The van der Waals surface area contributed by atoms with E-state index in [2.05, 4.69) is 15.0 Å². The molecule has 1 unspecified atom stereocenters. The van der Waals surface area contributed by atoms with Crippen molar-refractivity contribution in [3.8, 4) is 0 Å². The zero-order chi connectivity index (χ0) is 23.4. The van der Waals surface area contributed by atoms with Gasteiger partial charge in [-0.3, -0.25) is 9.59 Å². The minimum atomic E-state index is -2.12. The van der Waals surface area contributed by atoms with Gasteiger partial charge in [-0.15, -0.1) is 0 Å². The number of halogens is 1. The number of anilines is 3. The van der Waals surface area contributed by atoms with Crippen LogP contribution in [0.25, 0.3) is 0 Å². The number of aryl methyl sites for hydroxylation is 1. The minimum Gasteiger partial charge on any atom is -0.371 e. The molecule has 0 aliphatic heterocycles. The van der Waals surface area contributed by atoms with E-state index in [1.54, 1.807) is 25.1 Å². The Kier molecular flexibility index (Phi) is 7.18. The van der Waals surface area contributed by atoms with Crippen LogP contribution in [0.4, 0.5) is 20.8 Å². The molecule has 2 aromatic carbocycles. The van der Waals surface area contributed by atoms with Gasteiger partial charge in [-0.05, 0) is 54.4 Å².